The van der Waals surface area contributed by atoms with Crippen molar-refractivity contribution >= 4 is 26.0 Å². The Labute approximate surface area is 120 Å². The van der Waals surface area contributed by atoms with E-state index in [0.717, 1.165) is 10.0 Å². The van der Waals surface area contributed by atoms with Crippen LogP contribution < -0.4 is 4.72 Å². The molecule has 0 bridgehead atoms. The lowest BCUT2D eigenvalue weighted by Crippen LogP contribution is -2.23. The molecule has 0 aliphatic carbocycles. The molecule has 102 valence electrons. The highest BCUT2D eigenvalue weighted by Crippen LogP contribution is 2.19. The highest BCUT2D eigenvalue weighted by atomic mass is 79.9. The van der Waals surface area contributed by atoms with Gasteiger partial charge >= 0.3 is 0 Å². The molecule has 7 heteroatoms. The number of nitrogens with one attached hydrogen (secondary N) is 1. The summed E-state index contributed by atoms with van der Waals surface area (Å²) in [5, 5.41) is 4.12. The predicted octanol–water partition coefficient (Wildman–Crippen LogP) is 1.97. The van der Waals surface area contributed by atoms with Crippen molar-refractivity contribution < 1.29 is 8.42 Å². The Morgan fingerprint density at radius 1 is 1.37 bits per heavy atom. The zero-order valence-electron chi connectivity index (χ0n) is 10.6. The van der Waals surface area contributed by atoms with Crippen molar-refractivity contribution in [3.63, 3.8) is 0 Å². The number of nitrogens with zero attached hydrogens (tertiary/aromatic N) is 2. The van der Waals surface area contributed by atoms with E-state index < -0.39 is 10.0 Å². The van der Waals surface area contributed by atoms with E-state index in [1.54, 1.807) is 42.2 Å². The smallest absolute Gasteiger partial charge is 0.240 e. The van der Waals surface area contributed by atoms with E-state index in [1.165, 1.54) is 0 Å². The average Bonchev–Trinajstić information content (AvgIpc) is 2.76. The Balaban J connectivity index is 2.16. The number of hydrogen-bond donors (Lipinski definition) is 1. The SMILES string of the molecule is Cc1cc(S(=O)(=O)NCc2ccn(C)n2)ccc1Br. The first-order valence-corrected chi connectivity index (χ1v) is 7.90. The minimum Gasteiger partial charge on any atom is -0.276 e. The molecule has 2 aromatic rings. The Hall–Kier alpha value is -1.18. The van der Waals surface area contributed by atoms with Gasteiger partial charge in [-0.25, -0.2) is 13.1 Å². The van der Waals surface area contributed by atoms with Gasteiger partial charge < -0.3 is 0 Å². The van der Waals surface area contributed by atoms with Crippen molar-refractivity contribution in [2.24, 2.45) is 7.05 Å². The molecule has 0 unspecified atom stereocenters. The Morgan fingerprint density at radius 2 is 2.11 bits per heavy atom. The van der Waals surface area contributed by atoms with Crippen LogP contribution in [0.25, 0.3) is 0 Å². The van der Waals surface area contributed by atoms with Crippen LogP contribution in [0.1, 0.15) is 11.3 Å². The number of halogens is 1. The number of benzene rings is 1. The zero-order valence-corrected chi connectivity index (χ0v) is 13.0. The monoisotopic (exact) mass is 343 g/mol. The second kappa shape index (κ2) is 5.44. The number of aromatic nitrogens is 2. The van der Waals surface area contributed by atoms with E-state index in [0.29, 0.717) is 5.69 Å². The van der Waals surface area contributed by atoms with Crippen molar-refractivity contribution in [3.8, 4) is 0 Å². The first-order valence-electron chi connectivity index (χ1n) is 5.63. The lowest BCUT2D eigenvalue weighted by atomic mass is 10.2. The molecule has 0 spiro atoms. The summed E-state index contributed by atoms with van der Waals surface area (Å²) < 4.78 is 29.3. The normalized spacial score (nSPS) is 11.7. The first kappa shape index (κ1) is 14.2. The Bertz CT molecular complexity index is 695. The lowest BCUT2D eigenvalue weighted by molar-refractivity contribution is 0.579. The summed E-state index contributed by atoms with van der Waals surface area (Å²) >= 11 is 3.35. The fraction of sp³-hybridized carbons (Fsp3) is 0.250. The van der Waals surface area contributed by atoms with Gasteiger partial charge in [-0.3, -0.25) is 4.68 Å². The molecule has 0 aliphatic heterocycles. The van der Waals surface area contributed by atoms with Crippen LogP contribution in [-0.4, -0.2) is 18.2 Å². The van der Waals surface area contributed by atoms with Gasteiger partial charge in [0.2, 0.25) is 10.0 Å². The van der Waals surface area contributed by atoms with Gasteiger partial charge in [-0.05, 0) is 36.8 Å². The van der Waals surface area contributed by atoms with E-state index in [4.69, 9.17) is 0 Å². The maximum atomic E-state index is 12.1. The minimum absolute atomic E-state index is 0.179. The quantitative estimate of drug-likeness (QED) is 0.922. The third-order valence-electron chi connectivity index (χ3n) is 2.65. The van der Waals surface area contributed by atoms with Crippen LogP contribution in [0, 0.1) is 6.92 Å². The standard InChI is InChI=1S/C12H14BrN3O2S/c1-9-7-11(3-4-12(9)13)19(17,18)14-8-10-5-6-16(2)15-10/h3-7,14H,8H2,1-2H3. The largest absolute Gasteiger partial charge is 0.276 e. The zero-order chi connectivity index (χ0) is 14.0. The lowest BCUT2D eigenvalue weighted by Gasteiger charge is -2.07. The fourth-order valence-electron chi connectivity index (χ4n) is 1.59. The topological polar surface area (TPSA) is 64.0 Å². The van der Waals surface area contributed by atoms with Crippen molar-refractivity contribution in [1.82, 2.24) is 14.5 Å². The summed E-state index contributed by atoms with van der Waals surface area (Å²) in [6, 6.07) is 6.70. The number of sulfonamides is 1. The highest BCUT2D eigenvalue weighted by Gasteiger charge is 2.15. The molecule has 19 heavy (non-hydrogen) atoms. The molecule has 0 aliphatic rings. The van der Waals surface area contributed by atoms with E-state index >= 15 is 0 Å². The molecule has 1 heterocycles. The molecule has 0 saturated carbocycles. The molecular formula is C12H14BrN3O2S. The van der Waals surface area contributed by atoms with E-state index in [9.17, 15) is 8.42 Å². The van der Waals surface area contributed by atoms with E-state index in [2.05, 4.69) is 25.8 Å². The van der Waals surface area contributed by atoms with Crippen molar-refractivity contribution in [2.75, 3.05) is 0 Å². The van der Waals surface area contributed by atoms with Gasteiger partial charge in [0.1, 0.15) is 0 Å². The molecule has 2 rings (SSSR count). The second-order valence-corrected chi connectivity index (χ2v) is 6.84. The molecule has 0 radical (unpaired) electrons. The third kappa shape index (κ3) is 3.43. The molecule has 5 nitrogen and oxygen atoms in total. The average molecular weight is 344 g/mol. The van der Waals surface area contributed by atoms with Gasteiger partial charge in [0.25, 0.3) is 0 Å². The summed E-state index contributed by atoms with van der Waals surface area (Å²) in [4.78, 5) is 0.254. The highest BCUT2D eigenvalue weighted by molar-refractivity contribution is 9.10. The minimum atomic E-state index is -3.51. The van der Waals surface area contributed by atoms with Crippen molar-refractivity contribution in [1.29, 1.82) is 0 Å². The van der Waals surface area contributed by atoms with Gasteiger partial charge in [-0.2, -0.15) is 5.10 Å². The molecule has 0 amide bonds. The summed E-state index contributed by atoms with van der Waals surface area (Å²) in [6.45, 7) is 2.03. The maximum Gasteiger partial charge on any atom is 0.240 e. The van der Waals surface area contributed by atoms with E-state index in [-0.39, 0.29) is 11.4 Å². The van der Waals surface area contributed by atoms with Crippen LogP contribution in [0.3, 0.4) is 0 Å². The van der Waals surface area contributed by atoms with Crippen LogP contribution in [0.5, 0.6) is 0 Å². The number of hydrogen-bond acceptors (Lipinski definition) is 3. The van der Waals surface area contributed by atoms with Gasteiger partial charge in [0.15, 0.2) is 0 Å². The van der Waals surface area contributed by atoms with Gasteiger partial charge in [-0.15, -0.1) is 0 Å². The summed E-state index contributed by atoms with van der Waals surface area (Å²) in [6.07, 6.45) is 1.77. The molecule has 1 aromatic heterocycles. The van der Waals surface area contributed by atoms with Crippen LogP contribution in [-0.2, 0) is 23.6 Å². The second-order valence-electron chi connectivity index (χ2n) is 4.22. The third-order valence-corrected chi connectivity index (χ3v) is 4.94. The molecule has 0 fully saturated rings. The van der Waals surface area contributed by atoms with Crippen molar-refractivity contribution in [3.05, 3.63) is 46.2 Å². The van der Waals surface area contributed by atoms with Crippen molar-refractivity contribution in [2.45, 2.75) is 18.4 Å². The summed E-state index contributed by atoms with van der Waals surface area (Å²) in [5.74, 6) is 0. The van der Waals surface area contributed by atoms with Gasteiger partial charge in [-0.1, -0.05) is 15.9 Å². The van der Waals surface area contributed by atoms with Gasteiger partial charge in [0.05, 0.1) is 17.1 Å². The van der Waals surface area contributed by atoms with Gasteiger partial charge in [0, 0.05) is 17.7 Å². The fourth-order valence-corrected chi connectivity index (χ4v) is 2.92. The van der Waals surface area contributed by atoms with Crippen LogP contribution in [0.15, 0.2) is 39.8 Å². The number of aryl methyl sites for hydroxylation is 2. The Morgan fingerprint density at radius 3 is 2.68 bits per heavy atom. The molecule has 1 N–H and O–H groups in total. The molecular weight excluding hydrogens is 330 g/mol. The molecule has 0 saturated heterocycles. The summed E-state index contributed by atoms with van der Waals surface area (Å²) in [7, 11) is -1.72. The van der Waals surface area contributed by atoms with Crippen LogP contribution >= 0.6 is 15.9 Å². The first-order chi connectivity index (χ1) is 8.88. The van der Waals surface area contributed by atoms with E-state index in [1.807, 2.05) is 6.92 Å². The predicted molar refractivity (Wildman–Crippen MR) is 76.1 cm³/mol. The van der Waals surface area contributed by atoms with Crippen LogP contribution in [0.4, 0.5) is 0 Å². The van der Waals surface area contributed by atoms with Crippen LogP contribution in [0.2, 0.25) is 0 Å². The number of rotatable bonds is 4. The molecule has 1 aromatic carbocycles. The molecule has 0 atom stereocenters. The summed E-state index contributed by atoms with van der Waals surface area (Å²) in [5.41, 5.74) is 1.56. The Kier molecular flexibility index (Phi) is 4.07. The maximum absolute atomic E-state index is 12.1.